The first-order valence-corrected chi connectivity index (χ1v) is 8.48. The zero-order valence-electron chi connectivity index (χ0n) is 12.7. The maximum atomic E-state index is 5.67. The van der Waals surface area contributed by atoms with Crippen molar-refractivity contribution in [2.45, 2.75) is 33.2 Å². The second kappa shape index (κ2) is 8.27. The summed E-state index contributed by atoms with van der Waals surface area (Å²) in [6.07, 6.45) is 2.27. The van der Waals surface area contributed by atoms with Crippen LogP contribution in [0, 0.1) is 10.5 Å². The highest BCUT2D eigenvalue weighted by Crippen LogP contribution is 2.18. The van der Waals surface area contributed by atoms with Gasteiger partial charge in [0, 0.05) is 15.8 Å². The maximum absolute atomic E-state index is 5.67. The highest BCUT2D eigenvalue weighted by atomic mass is 127. The molecule has 0 bridgehead atoms. The Bertz CT molecular complexity index is 566. The van der Waals surface area contributed by atoms with Crippen LogP contribution < -0.4 is 10.1 Å². The lowest BCUT2D eigenvalue weighted by atomic mass is 10.2. The van der Waals surface area contributed by atoms with Gasteiger partial charge in [-0.2, -0.15) is 0 Å². The molecule has 0 radical (unpaired) electrons. The van der Waals surface area contributed by atoms with E-state index in [2.05, 4.69) is 72.1 Å². The lowest BCUT2D eigenvalue weighted by Gasteiger charge is -2.09. The van der Waals surface area contributed by atoms with Crippen LogP contribution in [0.15, 0.2) is 42.5 Å². The van der Waals surface area contributed by atoms with Crippen LogP contribution in [-0.2, 0) is 6.54 Å². The molecule has 0 spiro atoms. The third-order valence-corrected chi connectivity index (χ3v) is 4.52. The van der Waals surface area contributed by atoms with E-state index >= 15 is 0 Å². The van der Waals surface area contributed by atoms with Gasteiger partial charge >= 0.3 is 0 Å². The zero-order chi connectivity index (χ0) is 15.1. The van der Waals surface area contributed by atoms with E-state index in [1.54, 1.807) is 0 Å². The number of anilines is 1. The van der Waals surface area contributed by atoms with Gasteiger partial charge in [0.15, 0.2) is 0 Å². The first-order valence-electron chi connectivity index (χ1n) is 7.41. The van der Waals surface area contributed by atoms with Crippen molar-refractivity contribution in [3.05, 3.63) is 57.2 Å². The van der Waals surface area contributed by atoms with Gasteiger partial charge in [-0.1, -0.05) is 31.5 Å². The van der Waals surface area contributed by atoms with Gasteiger partial charge in [0.05, 0.1) is 6.61 Å². The third kappa shape index (κ3) is 5.23. The van der Waals surface area contributed by atoms with E-state index in [1.807, 2.05) is 12.1 Å². The number of unbranched alkanes of at least 4 members (excludes halogenated alkanes) is 1. The van der Waals surface area contributed by atoms with Crippen LogP contribution in [0.1, 0.15) is 30.9 Å². The minimum absolute atomic E-state index is 0.801. The van der Waals surface area contributed by atoms with E-state index in [9.17, 15) is 0 Å². The Morgan fingerprint density at radius 1 is 1.10 bits per heavy atom. The highest BCUT2D eigenvalue weighted by molar-refractivity contribution is 14.1. The number of benzene rings is 2. The Kier molecular flexibility index (Phi) is 6.36. The van der Waals surface area contributed by atoms with E-state index < -0.39 is 0 Å². The molecule has 0 aliphatic rings. The minimum atomic E-state index is 0.801. The van der Waals surface area contributed by atoms with Crippen molar-refractivity contribution in [2.24, 2.45) is 0 Å². The van der Waals surface area contributed by atoms with Gasteiger partial charge < -0.3 is 10.1 Å². The van der Waals surface area contributed by atoms with E-state index in [0.717, 1.165) is 37.4 Å². The summed E-state index contributed by atoms with van der Waals surface area (Å²) in [6, 6.07) is 14.8. The predicted octanol–water partition coefficient (Wildman–Crippen LogP) is 5.39. The molecule has 2 nitrogen and oxygen atoms in total. The number of halogens is 1. The third-order valence-electron chi connectivity index (χ3n) is 3.36. The molecule has 1 N–H and O–H groups in total. The van der Waals surface area contributed by atoms with Gasteiger partial charge in [-0.15, -0.1) is 0 Å². The van der Waals surface area contributed by atoms with Gasteiger partial charge in [0.2, 0.25) is 0 Å². The molecule has 0 atom stereocenters. The Morgan fingerprint density at radius 3 is 2.52 bits per heavy atom. The average molecular weight is 395 g/mol. The van der Waals surface area contributed by atoms with Gasteiger partial charge in [-0.05, 0) is 71.3 Å². The Balaban J connectivity index is 1.86. The number of rotatable bonds is 7. The fraction of sp³-hybridized carbons (Fsp3) is 0.333. The van der Waals surface area contributed by atoms with Crippen molar-refractivity contribution in [3.63, 3.8) is 0 Å². The Hall–Kier alpha value is -1.23. The predicted molar refractivity (Wildman–Crippen MR) is 98.1 cm³/mol. The van der Waals surface area contributed by atoms with Crippen molar-refractivity contribution in [2.75, 3.05) is 11.9 Å². The number of hydrogen-bond acceptors (Lipinski definition) is 2. The first-order chi connectivity index (χ1) is 10.2. The SMILES string of the molecule is CCCCOc1ccc(CNc2ccc(C)c(I)c2)cc1. The molecule has 2 aromatic carbocycles. The number of hydrogen-bond donors (Lipinski definition) is 1. The summed E-state index contributed by atoms with van der Waals surface area (Å²) < 4.78 is 6.96. The molecule has 0 aromatic heterocycles. The molecule has 0 aliphatic heterocycles. The molecule has 112 valence electrons. The highest BCUT2D eigenvalue weighted by Gasteiger charge is 1.99. The van der Waals surface area contributed by atoms with Crippen molar-refractivity contribution < 1.29 is 4.74 Å². The lowest BCUT2D eigenvalue weighted by molar-refractivity contribution is 0.309. The second-order valence-corrected chi connectivity index (χ2v) is 6.33. The summed E-state index contributed by atoms with van der Waals surface area (Å²) in [6.45, 7) is 5.93. The summed E-state index contributed by atoms with van der Waals surface area (Å²) in [4.78, 5) is 0. The van der Waals surface area contributed by atoms with Crippen LogP contribution in [0.4, 0.5) is 5.69 Å². The van der Waals surface area contributed by atoms with E-state index in [-0.39, 0.29) is 0 Å². The van der Waals surface area contributed by atoms with E-state index in [0.29, 0.717) is 0 Å². The second-order valence-electron chi connectivity index (χ2n) is 5.16. The van der Waals surface area contributed by atoms with Crippen molar-refractivity contribution in [1.29, 1.82) is 0 Å². The summed E-state index contributed by atoms with van der Waals surface area (Å²) in [7, 11) is 0. The largest absolute Gasteiger partial charge is 0.494 e. The summed E-state index contributed by atoms with van der Waals surface area (Å²) in [5, 5.41) is 3.46. The quantitative estimate of drug-likeness (QED) is 0.501. The van der Waals surface area contributed by atoms with Crippen LogP contribution in [0.2, 0.25) is 0 Å². The molecule has 2 aromatic rings. The maximum Gasteiger partial charge on any atom is 0.119 e. The lowest BCUT2D eigenvalue weighted by Crippen LogP contribution is -2.00. The van der Waals surface area contributed by atoms with Crippen LogP contribution in [-0.4, -0.2) is 6.61 Å². The fourth-order valence-corrected chi connectivity index (χ4v) is 2.46. The van der Waals surface area contributed by atoms with E-state index in [1.165, 1.54) is 14.7 Å². The molecule has 21 heavy (non-hydrogen) atoms. The number of aryl methyl sites for hydroxylation is 1. The summed E-state index contributed by atoms with van der Waals surface area (Å²) in [5.41, 5.74) is 3.73. The monoisotopic (exact) mass is 395 g/mol. The van der Waals surface area contributed by atoms with E-state index in [4.69, 9.17) is 4.74 Å². The number of ether oxygens (including phenoxy) is 1. The summed E-state index contributed by atoms with van der Waals surface area (Å²) >= 11 is 2.37. The van der Waals surface area contributed by atoms with Gasteiger partial charge in [0.25, 0.3) is 0 Å². The van der Waals surface area contributed by atoms with Crippen molar-refractivity contribution in [1.82, 2.24) is 0 Å². The van der Waals surface area contributed by atoms with Crippen molar-refractivity contribution in [3.8, 4) is 5.75 Å². The van der Waals surface area contributed by atoms with Gasteiger partial charge in [-0.3, -0.25) is 0 Å². The Morgan fingerprint density at radius 2 is 1.86 bits per heavy atom. The molecular formula is C18H22INO. The van der Waals surface area contributed by atoms with Crippen LogP contribution >= 0.6 is 22.6 Å². The van der Waals surface area contributed by atoms with Gasteiger partial charge in [0.1, 0.15) is 5.75 Å². The van der Waals surface area contributed by atoms with Crippen LogP contribution in [0.5, 0.6) is 5.75 Å². The molecule has 0 saturated heterocycles. The number of nitrogens with one attached hydrogen (secondary N) is 1. The van der Waals surface area contributed by atoms with Crippen LogP contribution in [0.25, 0.3) is 0 Å². The fourth-order valence-electron chi connectivity index (χ4n) is 1.94. The molecule has 0 amide bonds. The zero-order valence-corrected chi connectivity index (χ0v) is 14.8. The molecule has 0 unspecified atom stereocenters. The molecule has 2 rings (SSSR count). The van der Waals surface area contributed by atoms with Crippen LogP contribution in [0.3, 0.4) is 0 Å². The Labute approximate surface area is 141 Å². The normalized spacial score (nSPS) is 10.4. The molecule has 3 heteroatoms. The molecule has 0 saturated carbocycles. The smallest absolute Gasteiger partial charge is 0.119 e. The summed E-state index contributed by atoms with van der Waals surface area (Å²) in [5.74, 6) is 0.956. The van der Waals surface area contributed by atoms with Gasteiger partial charge in [-0.25, -0.2) is 0 Å². The topological polar surface area (TPSA) is 21.3 Å². The minimum Gasteiger partial charge on any atom is -0.494 e. The standard InChI is InChI=1S/C18H22INO/c1-3-4-11-21-17-9-6-15(7-10-17)13-20-16-8-5-14(2)18(19)12-16/h5-10,12,20H,3-4,11,13H2,1-2H3. The molecular weight excluding hydrogens is 373 g/mol. The molecule has 0 heterocycles. The van der Waals surface area contributed by atoms with Crippen molar-refractivity contribution >= 4 is 28.3 Å². The first kappa shape index (κ1) is 16.1. The average Bonchev–Trinajstić information content (AvgIpc) is 2.50. The molecule has 0 aliphatic carbocycles. The molecule has 0 fully saturated rings.